The first-order valence-corrected chi connectivity index (χ1v) is 5.88. The van der Waals surface area contributed by atoms with Crippen molar-refractivity contribution < 1.29 is 13.9 Å². The minimum Gasteiger partial charge on any atom is -0.496 e. The van der Waals surface area contributed by atoms with Crippen LogP contribution in [0.2, 0.25) is 0 Å². The molecule has 2 rings (SSSR count). The van der Waals surface area contributed by atoms with Crippen molar-refractivity contribution in [2.75, 3.05) is 18.2 Å². The van der Waals surface area contributed by atoms with E-state index in [1.54, 1.807) is 14.0 Å². The highest BCUT2D eigenvalue weighted by molar-refractivity contribution is 6.07. The molecule has 0 unspecified atom stereocenters. The van der Waals surface area contributed by atoms with Crippen molar-refractivity contribution in [1.82, 2.24) is 9.78 Å². The van der Waals surface area contributed by atoms with Gasteiger partial charge in [0.15, 0.2) is 5.82 Å². The zero-order valence-electron chi connectivity index (χ0n) is 11.4. The minimum atomic E-state index is -0.667. The lowest BCUT2D eigenvalue weighted by molar-refractivity contribution is 0.101. The first-order valence-electron chi connectivity index (χ1n) is 5.88. The topological polar surface area (TPSA) is 82.2 Å². The second kappa shape index (κ2) is 5.20. The molecule has 106 valence electrons. The summed E-state index contributed by atoms with van der Waals surface area (Å²) >= 11 is 0. The third-order valence-corrected chi connectivity index (χ3v) is 2.92. The number of nitrogens with two attached hydrogens (primary N) is 1. The van der Waals surface area contributed by atoms with E-state index >= 15 is 0 Å². The number of amides is 1. The number of methoxy groups -OCH3 is 1. The third kappa shape index (κ3) is 2.29. The Balaban J connectivity index is 2.38. The standard InChI is InChI=1S/C13H15FN4O2/c1-7-11(15)12(18(2)17-7)16-13(19)10-8(14)5-4-6-9(10)20-3/h4-6H,15H2,1-3H3,(H,16,19). The second-order valence-corrected chi connectivity index (χ2v) is 4.24. The van der Waals surface area contributed by atoms with Gasteiger partial charge >= 0.3 is 0 Å². The van der Waals surface area contributed by atoms with E-state index in [2.05, 4.69) is 10.4 Å². The van der Waals surface area contributed by atoms with Gasteiger partial charge in [-0.15, -0.1) is 0 Å². The Labute approximate surface area is 115 Å². The molecule has 0 aliphatic heterocycles. The Bertz CT molecular complexity index is 667. The van der Waals surface area contributed by atoms with Gasteiger partial charge in [0.2, 0.25) is 0 Å². The molecule has 2 aromatic rings. The maximum Gasteiger partial charge on any atom is 0.263 e. The van der Waals surface area contributed by atoms with Gasteiger partial charge in [0.05, 0.1) is 18.5 Å². The smallest absolute Gasteiger partial charge is 0.263 e. The van der Waals surface area contributed by atoms with Crippen LogP contribution in [0.1, 0.15) is 16.1 Å². The normalized spacial score (nSPS) is 10.4. The van der Waals surface area contributed by atoms with Crippen molar-refractivity contribution in [2.45, 2.75) is 6.92 Å². The number of nitrogen functional groups attached to an aromatic ring is 1. The molecule has 0 aliphatic rings. The van der Waals surface area contributed by atoms with E-state index in [1.165, 1.54) is 30.0 Å². The first kappa shape index (κ1) is 13.9. The maximum absolute atomic E-state index is 13.8. The number of aromatic nitrogens is 2. The Kier molecular flexibility index (Phi) is 3.60. The van der Waals surface area contributed by atoms with E-state index in [9.17, 15) is 9.18 Å². The highest BCUT2D eigenvalue weighted by Gasteiger charge is 2.20. The van der Waals surface area contributed by atoms with Crippen LogP contribution in [0.25, 0.3) is 0 Å². The predicted octanol–water partition coefficient (Wildman–Crippen LogP) is 1.71. The average Bonchev–Trinajstić information content (AvgIpc) is 2.64. The fourth-order valence-electron chi connectivity index (χ4n) is 1.89. The number of carbonyl (C=O) groups excluding carboxylic acids is 1. The van der Waals surface area contributed by atoms with Gasteiger partial charge in [0.1, 0.15) is 17.1 Å². The summed E-state index contributed by atoms with van der Waals surface area (Å²) in [7, 11) is 3.01. The fraction of sp³-hybridized carbons (Fsp3) is 0.231. The molecule has 0 spiro atoms. The molecule has 1 heterocycles. The number of rotatable bonds is 3. The highest BCUT2D eigenvalue weighted by atomic mass is 19.1. The SMILES string of the molecule is COc1cccc(F)c1C(=O)Nc1c(N)c(C)nn1C. The average molecular weight is 278 g/mol. The molecule has 1 aromatic carbocycles. The number of aryl methyl sites for hydroxylation is 2. The number of nitrogens with one attached hydrogen (secondary N) is 1. The molecule has 1 aromatic heterocycles. The molecule has 0 aliphatic carbocycles. The lowest BCUT2D eigenvalue weighted by Gasteiger charge is -2.10. The van der Waals surface area contributed by atoms with Crippen molar-refractivity contribution in [2.24, 2.45) is 7.05 Å². The maximum atomic E-state index is 13.8. The summed E-state index contributed by atoms with van der Waals surface area (Å²) in [5.41, 5.74) is 6.57. The van der Waals surface area contributed by atoms with Crippen LogP contribution in [-0.4, -0.2) is 22.8 Å². The van der Waals surface area contributed by atoms with E-state index < -0.39 is 11.7 Å². The summed E-state index contributed by atoms with van der Waals surface area (Å²) in [4.78, 5) is 12.2. The fourth-order valence-corrected chi connectivity index (χ4v) is 1.89. The number of nitrogens with zero attached hydrogens (tertiary/aromatic N) is 2. The number of benzene rings is 1. The lowest BCUT2D eigenvalue weighted by Crippen LogP contribution is -2.18. The second-order valence-electron chi connectivity index (χ2n) is 4.24. The van der Waals surface area contributed by atoms with Gasteiger partial charge in [0.25, 0.3) is 5.91 Å². The Morgan fingerprint density at radius 3 is 2.75 bits per heavy atom. The quantitative estimate of drug-likeness (QED) is 0.895. The molecule has 0 radical (unpaired) electrons. The van der Waals surface area contributed by atoms with Gasteiger partial charge < -0.3 is 15.8 Å². The molecule has 0 atom stereocenters. The van der Waals surface area contributed by atoms with Crippen molar-refractivity contribution in [1.29, 1.82) is 0 Å². The predicted molar refractivity (Wildman–Crippen MR) is 73.3 cm³/mol. The van der Waals surface area contributed by atoms with Crippen LogP contribution in [0.4, 0.5) is 15.9 Å². The van der Waals surface area contributed by atoms with Gasteiger partial charge in [-0.1, -0.05) is 6.07 Å². The van der Waals surface area contributed by atoms with Crippen molar-refractivity contribution >= 4 is 17.4 Å². The summed E-state index contributed by atoms with van der Waals surface area (Å²) in [5.74, 6) is -0.841. The number of anilines is 2. The van der Waals surface area contributed by atoms with Crippen LogP contribution in [0.5, 0.6) is 5.75 Å². The van der Waals surface area contributed by atoms with E-state index in [-0.39, 0.29) is 11.3 Å². The molecule has 0 saturated carbocycles. The van der Waals surface area contributed by atoms with Gasteiger partial charge in [-0.25, -0.2) is 4.39 Å². The highest BCUT2D eigenvalue weighted by Crippen LogP contribution is 2.25. The van der Waals surface area contributed by atoms with Crippen LogP contribution in [-0.2, 0) is 7.05 Å². The lowest BCUT2D eigenvalue weighted by atomic mass is 10.1. The van der Waals surface area contributed by atoms with E-state index in [0.29, 0.717) is 17.2 Å². The van der Waals surface area contributed by atoms with E-state index in [0.717, 1.165) is 0 Å². The molecular weight excluding hydrogens is 263 g/mol. The monoisotopic (exact) mass is 278 g/mol. The molecule has 6 nitrogen and oxygen atoms in total. The van der Waals surface area contributed by atoms with Gasteiger partial charge in [-0.3, -0.25) is 9.48 Å². The summed E-state index contributed by atoms with van der Waals surface area (Å²) in [6.45, 7) is 1.72. The minimum absolute atomic E-state index is 0.153. The zero-order valence-corrected chi connectivity index (χ0v) is 11.4. The van der Waals surface area contributed by atoms with Crippen LogP contribution in [0.15, 0.2) is 18.2 Å². The number of halogens is 1. The molecule has 0 bridgehead atoms. The molecule has 0 fully saturated rings. The number of hydrogen-bond acceptors (Lipinski definition) is 4. The zero-order chi connectivity index (χ0) is 14.9. The summed E-state index contributed by atoms with van der Waals surface area (Å²) in [6.07, 6.45) is 0. The van der Waals surface area contributed by atoms with Crippen molar-refractivity contribution in [3.05, 3.63) is 35.3 Å². The molecular formula is C13H15FN4O2. The number of hydrogen-bond donors (Lipinski definition) is 2. The first-order chi connectivity index (χ1) is 9.45. The van der Waals surface area contributed by atoms with Gasteiger partial charge in [0, 0.05) is 7.05 Å². The molecule has 20 heavy (non-hydrogen) atoms. The van der Waals surface area contributed by atoms with Gasteiger partial charge in [-0.05, 0) is 19.1 Å². The number of ether oxygens (including phenoxy) is 1. The van der Waals surface area contributed by atoms with Crippen LogP contribution in [0.3, 0.4) is 0 Å². The van der Waals surface area contributed by atoms with Crippen LogP contribution >= 0.6 is 0 Å². The molecule has 3 N–H and O–H groups in total. The molecule has 0 saturated heterocycles. The van der Waals surface area contributed by atoms with E-state index in [1.807, 2.05) is 0 Å². The van der Waals surface area contributed by atoms with Crippen molar-refractivity contribution in [3.63, 3.8) is 0 Å². The molecule has 7 heteroatoms. The van der Waals surface area contributed by atoms with Crippen molar-refractivity contribution in [3.8, 4) is 5.75 Å². The van der Waals surface area contributed by atoms with Crippen LogP contribution in [0, 0.1) is 12.7 Å². The summed E-state index contributed by atoms with van der Waals surface area (Å²) < 4.78 is 20.2. The van der Waals surface area contributed by atoms with Gasteiger partial charge in [-0.2, -0.15) is 5.10 Å². The Hall–Kier alpha value is -2.57. The molecule has 1 amide bonds. The summed E-state index contributed by atoms with van der Waals surface area (Å²) in [6, 6.07) is 4.17. The summed E-state index contributed by atoms with van der Waals surface area (Å²) in [5, 5.41) is 6.62. The Morgan fingerprint density at radius 2 is 2.20 bits per heavy atom. The third-order valence-electron chi connectivity index (χ3n) is 2.92. The largest absolute Gasteiger partial charge is 0.496 e. The number of carbonyl (C=O) groups is 1. The van der Waals surface area contributed by atoms with E-state index in [4.69, 9.17) is 10.5 Å². The van der Waals surface area contributed by atoms with Crippen LogP contribution < -0.4 is 15.8 Å². The Morgan fingerprint density at radius 1 is 1.50 bits per heavy atom.